The second kappa shape index (κ2) is 11.6. The lowest BCUT2D eigenvalue weighted by molar-refractivity contribution is -0.121. The van der Waals surface area contributed by atoms with E-state index in [0.717, 1.165) is 28.3 Å². The second-order valence-corrected chi connectivity index (χ2v) is 10.1. The summed E-state index contributed by atoms with van der Waals surface area (Å²) in [6.45, 7) is 0. The Kier molecular flexibility index (Phi) is 7.83. The third-order valence-corrected chi connectivity index (χ3v) is 7.63. The van der Waals surface area contributed by atoms with E-state index < -0.39 is 5.25 Å². The molecular formula is C29H28N4O5S. The number of nitrogens with one attached hydrogen (secondary N) is 1. The van der Waals surface area contributed by atoms with E-state index in [1.54, 1.807) is 50.6 Å². The monoisotopic (exact) mass is 544 g/mol. The molecule has 0 spiro atoms. The molecule has 2 heterocycles. The number of hydrazone groups is 1. The van der Waals surface area contributed by atoms with Crippen LogP contribution < -0.4 is 19.5 Å². The van der Waals surface area contributed by atoms with Gasteiger partial charge in [0, 0.05) is 24.6 Å². The van der Waals surface area contributed by atoms with Crippen LogP contribution in [0.15, 0.2) is 82.9 Å². The van der Waals surface area contributed by atoms with Crippen molar-refractivity contribution in [2.24, 2.45) is 10.1 Å². The van der Waals surface area contributed by atoms with Crippen molar-refractivity contribution in [3.05, 3.63) is 83.9 Å². The zero-order chi connectivity index (χ0) is 27.4. The van der Waals surface area contributed by atoms with Gasteiger partial charge in [0.1, 0.15) is 22.5 Å². The molecule has 200 valence electrons. The number of anilines is 1. The first-order valence-corrected chi connectivity index (χ1v) is 13.2. The predicted molar refractivity (Wildman–Crippen MR) is 152 cm³/mol. The Bertz CT molecular complexity index is 1420. The predicted octanol–water partition coefficient (Wildman–Crippen LogP) is 4.89. The van der Waals surface area contributed by atoms with Crippen molar-refractivity contribution >= 4 is 40.1 Å². The van der Waals surface area contributed by atoms with Crippen molar-refractivity contribution in [2.75, 3.05) is 26.6 Å². The molecular weight excluding hydrogens is 516 g/mol. The average Bonchev–Trinajstić information content (AvgIpc) is 3.57. The van der Waals surface area contributed by atoms with Gasteiger partial charge in [-0.2, -0.15) is 10.1 Å². The fraction of sp³-hybridized carbons (Fsp3) is 0.241. The average molecular weight is 545 g/mol. The molecule has 2 amide bonds. The third-order valence-electron chi connectivity index (χ3n) is 6.48. The molecule has 2 aliphatic heterocycles. The van der Waals surface area contributed by atoms with E-state index in [2.05, 4.69) is 10.3 Å². The van der Waals surface area contributed by atoms with E-state index in [1.807, 2.05) is 48.5 Å². The summed E-state index contributed by atoms with van der Waals surface area (Å²) in [6, 6.07) is 22.4. The Morgan fingerprint density at radius 2 is 1.62 bits per heavy atom. The molecule has 0 saturated carbocycles. The van der Waals surface area contributed by atoms with E-state index in [0.29, 0.717) is 23.0 Å². The lowest BCUT2D eigenvalue weighted by Crippen LogP contribution is -2.25. The molecule has 0 saturated heterocycles. The van der Waals surface area contributed by atoms with Crippen LogP contribution in [0.25, 0.3) is 0 Å². The van der Waals surface area contributed by atoms with E-state index in [1.165, 1.54) is 11.8 Å². The van der Waals surface area contributed by atoms with Gasteiger partial charge in [-0.15, -0.1) is 0 Å². The third kappa shape index (κ3) is 5.91. The molecule has 3 aromatic rings. The summed E-state index contributed by atoms with van der Waals surface area (Å²) in [5.41, 5.74) is 3.44. The van der Waals surface area contributed by atoms with Crippen LogP contribution in [0.2, 0.25) is 0 Å². The van der Waals surface area contributed by atoms with Crippen molar-refractivity contribution in [2.45, 2.75) is 24.1 Å². The molecule has 0 radical (unpaired) electrons. The van der Waals surface area contributed by atoms with Gasteiger partial charge in [-0.25, -0.2) is 5.01 Å². The van der Waals surface area contributed by atoms with Crippen LogP contribution in [0.5, 0.6) is 17.2 Å². The summed E-state index contributed by atoms with van der Waals surface area (Å²) in [4.78, 5) is 29.9. The minimum absolute atomic E-state index is 0.0101. The van der Waals surface area contributed by atoms with Crippen molar-refractivity contribution < 1.29 is 23.8 Å². The number of aliphatic imine (C=N–C) groups is 1. The van der Waals surface area contributed by atoms with E-state index in [9.17, 15) is 9.59 Å². The molecule has 0 bridgehead atoms. The Labute approximate surface area is 230 Å². The Balaban J connectivity index is 1.34. The second-order valence-electron chi connectivity index (χ2n) is 8.94. The van der Waals surface area contributed by atoms with Crippen LogP contribution in [-0.2, 0) is 9.59 Å². The van der Waals surface area contributed by atoms with Gasteiger partial charge in [-0.1, -0.05) is 30.0 Å². The number of thioether (sulfide) groups is 1. The van der Waals surface area contributed by atoms with E-state index in [4.69, 9.17) is 19.3 Å². The molecule has 2 atom stereocenters. The summed E-state index contributed by atoms with van der Waals surface area (Å²) in [5.74, 6) is 1.52. The summed E-state index contributed by atoms with van der Waals surface area (Å²) >= 11 is 1.26. The standard InChI is InChI=1S/C29H28N4O5S/c1-36-21-11-7-18(8-12-21)24-16-25(19-9-13-22(37-2)14-10-19)33(32-24)29-31-28(35)26(39-29)17-27(34)30-20-5-4-6-23(15-20)38-3/h4-15,25-26H,16-17H2,1-3H3,(H,30,34)/t25-,26+/m1/s1. The highest BCUT2D eigenvalue weighted by molar-refractivity contribution is 8.15. The maximum Gasteiger partial charge on any atom is 0.262 e. The first-order chi connectivity index (χ1) is 19.0. The van der Waals surface area contributed by atoms with Crippen LogP contribution in [0, 0.1) is 0 Å². The van der Waals surface area contributed by atoms with Gasteiger partial charge < -0.3 is 19.5 Å². The molecule has 10 heteroatoms. The van der Waals surface area contributed by atoms with Gasteiger partial charge in [-0.3, -0.25) is 9.59 Å². The minimum Gasteiger partial charge on any atom is -0.497 e. The number of rotatable bonds is 8. The largest absolute Gasteiger partial charge is 0.497 e. The molecule has 1 N–H and O–H groups in total. The number of carbonyl (C=O) groups excluding carboxylic acids is 2. The number of hydrogen-bond acceptors (Lipinski definition) is 8. The molecule has 0 aliphatic carbocycles. The molecule has 5 rings (SSSR count). The van der Waals surface area contributed by atoms with Crippen molar-refractivity contribution in [3.8, 4) is 17.2 Å². The van der Waals surface area contributed by atoms with Gasteiger partial charge >= 0.3 is 0 Å². The fourth-order valence-electron chi connectivity index (χ4n) is 4.42. The Morgan fingerprint density at radius 1 is 0.949 bits per heavy atom. The van der Waals surface area contributed by atoms with Gasteiger partial charge in [0.05, 0.1) is 33.1 Å². The number of amides is 2. The van der Waals surface area contributed by atoms with Crippen molar-refractivity contribution in [1.29, 1.82) is 0 Å². The van der Waals surface area contributed by atoms with Crippen LogP contribution >= 0.6 is 11.8 Å². The number of methoxy groups -OCH3 is 3. The highest BCUT2D eigenvalue weighted by atomic mass is 32.2. The van der Waals surface area contributed by atoms with Gasteiger partial charge in [0.25, 0.3) is 5.91 Å². The molecule has 3 aromatic carbocycles. The number of hydrogen-bond donors (Lipinski definition) is 1. The van der Waals surface area contributed by atoms with Gasteiger partial charge in [0.15, 0.2) is 5.17 Å². The Hall–Kier alpha value is -4.31. The number of ether oxygens (including phenoxy) is 3. The zero-order valence-electron chi connectivity index (χ0n) is 21.8. The first kappa shape index (κ1) is 26.3. The highest BCUT2D eigenvalue weighted by Gasteiger charge is 2.39. The molecule has 0 aromatic heterocycles. The summed E-state index contributed by atoms with van der Waals surface area (Å²) in [5, 5.41) is 9.36. The first-order valence-electron chi connectivity index (χ1n) is 12.4. The SMILES string of the molecule is COc1ccc(C2=NN(C3=NC(=O)[C@H](CC(=O)Nc4cccc(OC)c4)S3)[C@@H](c3ccc(OC)cc3)C2)cc1. The Morgan fingerprint density at radius 3 is 2.28 bits per heavy atom. The van der Waals surface area contributed by atoms with Gasteiger partial charge in [-0.05, 0) is 59.7 Å². The van der Waals surface area contributed by atoms with Crippen LogP contribution in [0.3, 0.4) is 0 Å². The van der Waals surface area contributed by atoms with Crippen LogP contribution in [0.1, 0.15) is 30.0 Å². The van der Waals surface area contributed by atoms with Crippen molar-refractivity contribution in [3.63, 3.8) is 0 Å². The smallest absolute Gasteiger partial charge is 0.262 e. The molecule has 9 nitrogen and oxygen atoms in total. The van der Waals surface area contributed by atoms with Crippen LogP contribution in [0.4, 0.5) is 5.69 Å². The van der Waals surface area contributed by atoms with Crippen molar-refractivity contribution in [1.82, 2.24) is 5.01 Å². The summed E-state index contributed by atoms with van der Waals surface area (Å²) in [7, 11) is 4.82. The van der Waals surface area contributed by atoms with Gasteiger partial charge in [0.2, 0.25) is 5.91 Å². The lowest BCUT2D eigenvalue weighted by atomic mass is 9.98. The molecule has 2 aliphatic rings. The molecule has 0 fully saturated rings. The normalized spacial score (nSPS) is 18.4. The highest BCUT2D eigenvalue weighted by Crippen LogP contribution is 2.39. The molecule has 39 heavy (non-hydrogen) atoms. The maximum atomic E-state index is 12.9. The zero-order valence-corrected chi connectivity index (χ0v) is 22.6. The number of carbonyl (C=O) groups is 2. The minimum atomic E-state index is -0.637. The number of nitrogens with zero attached hydrogens (tertiary/aromatic N) is 3. The summed E-state index contributed by atoms with van der Waals surface area (Å²) in [6.07, 6.45) is 0.608. The number of benzene rings is 3. The molecule has 0 unspecified atom stereocenters. The number of amidine groups is 1. The fourth-order valence-corrected chi connectivity index (χ4v) is 5.48. The quantitative estimate of drug-likeness (QED) is 0.431. The summed E-state index contributed by atoms with van der Waals surface area (Å²) < 4.78 is 15.8. The lowest BCUT2D eigenvalue weighted by Gasteiger charge is -2.23. The van der Waals surface area contributed by atoms with E-state index in [-0.39, 0.29) is 24.3 Å². The maximum absolute atomic E-state index is 12.9. The van der Waals surface area contributed by atoms with Crippen LogP contribution in [-0.4, -0.2) is 54.3 Å². The van der Waals surface area contributed by atoms with E-state index >= 15 is 0 Å². The topological polar surface area (TPSA) is 102 Å².